The van der Waals surface area contributed by atoms with Gasteiger partial charge < -0.3 is 10.1 Å². The van der Waals surface area contributed by atoms with Gasteiger partial charge in [-0.1, -0.05) is 19.9 Å². The summed E-state index contributed by atoms with van der Waals surface area (Å²) in [6.07, 6.45) is -0.0108. The van der Waals surface area contributed by atoms with Crippen molar-refractivity contribution in [2.24, 2.45) is 5.92 Å². The molecule has 0 bridgehead atoms. The molecule has 0 fully saturated rings. The second kappa shape index (κ2) is 8.11. The Kier molecular flexibility index (Phi) is 6.49. The normalized spacial score (nSPS) is 11.8. The smallest absolute Gasteiger partial charge is 0.306 e. The lowest BCUT2D eigenvalue weighted by Crippen LogP contribution is -2.30. The summed E-state index contributed by atoms with van der Waals surface area (Å²) in [5.41, 5.74) is 0.156. The number of carbonyl (C=O) groups is 2. The average molecular weight is 308 g/mol. The lowest BCUT2D eigenvalue weighted by atomic mass is 10.1. The summed E-state index contributed by atoms with van der Waals surface area (Å²) in [6.45, 7) is 5.44. The van der Waals surface area contributed by atoms with E-state index >= 15 is 0 Å². The molecule has 0 saturated carbocycles. The lowest BCUT2D eigenvalue weighted by molar-refractivity contribution is -0.384. The molecule has 22 heavy (non-hydrogen) atoms. The largest absolute Gasteiger partial charge is 0.453 e. The van der Waals surface area contributed by atoms with Gasteiger partial charge in [-0.3, -0.25) is 19.7 Å². The number of hydrogen-bond donors (Lipinski definition) is 1. The topological polar surface area (TPSA) is 98.5 Å². The molecular weight excluding hydrogens is 288 g/mol. The third-order valence-electron chi connectivity index (χ3n) is 2.93. The van der Waals surface area contributed by atoms with Crippen LogP contribution >= 0.6 is 0 Å². The fourth-order valence-electron chi connectivity index (χ4n) is 1.66. The number of rotatable bonds is 7. The number of hydrogen-bond acceptors (Lipinski definition) is 5. The molecule has 1 atom stereocenters. The summed E-state index contributed by atoms with van der Waals surface area (Å²) in [5.74, 6) is -0.588. The molecule has 7 heteroatoms. The molecule has 7 nitrogen and oxygen atoms in total. The molecular formula is C15H20N2O5. The fourth-order valence-corrected chi connectivity index (χ4v) is 1.66. The van der Waals surface area contributed by atoms with Crippen LogP contribution in [0.5, 0.6) is 0 Å². The van der Waals surface area contributed by atoms with Gasteiger partial charge in [-0.25, -0.2) is 0 Å². The highest BCUT2D eigenvalue weighted by atomic mass is 16.6. The standard InChI is InChI=1S/C15H20N2O5/c1-10(2)7-8-14(18)22-11(3)15(19)16-12-5-4-6-13(9-12)17(20)21/h4-6,9-11H,7-8H2,1-3H3,(H,16,19)/t11-/m1/s1. The highest BCUT2D eigenvalue weighted by Crippen LogP contribution is 2.17. The zero-order valence-electron chi connectivity index (χ0n) is 12.9. The molecule has 1 rings (SSSR count). The SMILES string of the molecule is CC(C)CCC(=O)O[C@H](C)C(=O)Nc1cccc([N+](=O)[O-])c1. The second-order valence-corrected chi connectivity index (χ2v) is 5.36. The van der Waals surface area contributed by atoms with Crippen molar-refractivity contribution in [2.45, 2.75) is 39.7 Å². The van der Waals surface area contributed by atoms with Gasteiger partial charge in [0.25, 0.3) is 11.6 Å². The maximum atomic E-state index is 11.9. The number of carbonyl (C=O) groups excluding carboxylic acids is 2. The van der Waals surface area contributed by atoms with E-state index in [1.807, 2.05) is 13.8 Å². The molecule has 0 aromatic heterocycles. The Labute approximate surface area is 128 Å². The minimum absolute atomic E-state index is 0.126. The molecule has 0 aliphatic heterocycles. The zero-order valence-corrected chi connectivity index (χ0v) is 12.9. The van der Waals surface area contributed by atoms with E-state index < -0.39 is 22.9 Å². The van der Waals surface area contributed by atoms with Crippen LogP contribution in [0.15, 0.2) is 24.3 Å². The number of non-ortho nitro benzene ring substituents is 1. The number of benzene rings is 1. The Morgan fingerprint density at radius 2 is 2.00 bits per heavy atom. The molecule has 1 N–H and O–H groups in total. The van der Waals surface area contributed by atoms with Crippen LogP contribution in [0.1, 0.15) is 33.6 Å². The Bertz CT molecular complexity index is 557. The molecule has 120 valence electrons. The van der Waals surface area contributed by atoms with E-state index in [9.17, 15) is 19.7 Å². The number of nitrogens with one attached hydrogen (secondary N) is 1. The van der Waals surface area contributed by atoms with Gasteiger partial charge in [0.15, 0.2) is 6.10 Å². The number of esters is 1. The van der Waals surface area contributed by atoms with Crippen LogP contribution in [0, 0.1) is 16.0 Å². The first-order valence-corrected chi connectivity index (χ1v) is 7.04. The van der Waals surface area contributed by atoms with Gasteiger partial charge >= 0.3 is 5.97 Å². The summed E-state index contributed by atoms with van der Waals surface area (Å²) in [6, 6.07) is 5.56. The summed E-state index contributed by atoms with van der Waals surface area (Å²) in [4.78, 5) is 33.6. The third kappa shape index (κ3) is 5.90. The molecule has 1 aromatic carbocycles. The molecule has 0 radical (unpaired) electrons. The highest BCUT2D eigenvalue weighted by Gasteiger charge is 2.18. The van der Waals surface area contributed by atoms with Crippen molar-refractivity contribution in [1.82, 2.24) is 0 Å². The molecule has 0 saturated heterocycles. The first kappa shape index (κ1) is 17.6. The van der Waals surface area contributed by atoms with E-state index in [0.717, 1.165) is 0 Å². The lowest BCUT2D eigenvalue weighted by Gasteiger charge is -2.14. The summed E-state index contributed by atoms with van der Waals surface area (Å²) >= 11 is 0. The molecule has 0 aliphatic rings. The predicted octanol–water partition coefficient (Wildman–Crippen LogP) is 2.90. The maximum absolute atomic E-state index is 11.9. The third-order valence-corrected chi connectivity index (χ3v) is 2.93. The summed E-state index contributed by atoms with van der Waals surface area (Å²) in [5, 5.41) is 13.2. The van der Waals surface area contributed by atoms with Gasteiger partial charge in [-0.15, -0.1) is 0 Å². The van der Waals surface area contributed by atoms with Gasteiger partial charge in [-0.05, 0) is 25.3 Å². The van der Waals surface area contributed by atoms with E-state index in [-0.39, 0.29) is 17.8 Å². The van der Waals surface area contributed by atoms with Gasteiger partial charge in [0.05, 0.1) is 4.92 Å². The molecule has 0 aliphatic carbocycles. The summed E-state index contributed by atoms with van der Waals surface area (Å²) < 4.78 is 5.03. The van der Waals surface area contributed by atoms with Crippen molar-refractivity contribution < 1.29 is 19.2 Å². The van der Waals surface area contributed by atoms with E-state index in [2.05, 4.69) is 5.32 Å². The Morgan fingerprint density at radius 3 is 2.59 bits per heavy atom. The number of nitrogens with zero attached hydrogens (tertiary/aromatic N) is 1. The van der Waals surface area contributed by atoms with Crippen molar-refractivity contribution in [1.29, 1.82) is 0 Å². The fraction of sp³-hybridized carbons (Fsp3) is 0.467. The van der Waals surface area contributed by atoms with E-state index in [1.54, 1.807) is 0 Å². The number of nitro benzene ring substituents is 1. The number of ether oxygens (including phenoxy) is 1. The van der Waals surface area contributed by atoms with Crippen LogP contribution in [0.4, 0.5) is 11.4 Å². The highest BCUT2D eigenvalue weighted by molar-refractivity contribution is 5.95. The van der Waals surface area contributed by atoms with Crippen molar-refractivity contribution in [3.8, 4) is 0 Å². The van der Waals surface area contributed by atoms with Crippen molar-refractivity contribution >= 4 is 23.3 Å². The quantitative estimate of drug-likeness (QED) is 0.474. The Morgan fingerprint density at radius 1 is 1.32 bits per heavy atom. The zero-order chi connectivity index (χ0) is 16.7. The molecule has 0 heterocycles. The minimum Gasteiger partial charge on any atom is -0.453 e. The second-order valence-electron chi connectivity index (χ2n) is 5.36. The van der Waals surface area contributed by atoms with Crippen molar-refractivity contribution in [3.05, 3.63) is 34.4 Å². The molecule has 1 amide bonds. The summed E-state index contributed by atoms with van der Waals surface area (Å²) in [7, 11) is 0. The monoisotopic (exact) mass is 308 g/mol. The van der Waals surface area contributed by atoms with Gasteiger partial charge in [0.1, 0.15) is 0 Å². The number of anilines is 1. The first-order valence-electron chi connectivity index (χ1n) is 7.04. The average Bonchev–Trinajstić information content (AvgIpc) is 2.45. The first-order chi connectivity index (χ1) is 10.3. The molecule has 1 aromatic rings. The van der Waals surface area contributed by atoms with Gasteiger partial charge in [-0.2, -0.15) is 0 Å². The Hall–Kier alpha value is -2.44. The maximum Gasteiger partial charge on any atom is 0.306 e. The molecule has 0 unspecified atom stereocenters. The Balaban J connectivity index is 2.55. The van der Waals surface area contributed by atoms with Crippen LogP contribution in [-0.2, 0) is 14.3 Å². The predicted molar refractivity (Wildman–Crippen MR) is 81.4 cm³/mol. The minimum atomic E-state index is -0.959. The van der Waals surface area contributed by atoms with Gasteiger partial charge in [0.2, 0.25) is 0 Å². The van der Waals surface area contributed by atoms with Crippen LogP contribution < -0.4 is 5.32 Å². The van der Waals surface area contributed by atoms with E-state index in [0.29, 0.717) is 12.3 Å². The van der Waals surface area contributed by atoms with Crippen LogP contribution in [0.2, 0.25) is 0 Å². The number of nitro groups is 1. The van der Waals surface area contributed by atoms with E-state index in [4.69, 9.17) is 4.74 Å². The molecule has 0 spiro atoms. The van der Waals surface area contributed by atoms with Crippen molar-refractivity contribution in [3.63, 3.8) is 0 Å². The van der Waals surface area contributed by atoms with Gasteiger partial charge in [0, 0.05) is 24.2 Å². The number of amides is 1. The van der Waals surface area contributed by atoms with Crippen molar-refractivity contribution in [2.75, 3.05) is 5.32 Å². The van der Waals surface area contributed by atoms with Crippen LogP contribution in [0.25, 0.3) is 0 Å². The van der Waals surface area contributed by atoms with Crippen LogP contribution in [0.3, 0.4) is 0 Å². The van der Waals surface area contributed by atoms with Crippen LogP contribution in [-0.4, -0.2) is 22.9 Å². The van der Waals surface area contributed by atoms with E-state index in [1.165, 1.54) is 31.2 Å².